The van der Waals surface area contributed by atoms with Gasteiger partial charge in [-0.25, -0.2) is 9.69 Å². The molecular formula is C23H23N5O5. The molecule has 3 heterocycles. The molecule has 0 bridgehead atoms. The van der Waals surface area contributed by atoms with Crippen LogP contribution in [0.15, 0.2) is 48.5 Å². The van der Waals surface area contributed by atoms with Gasteiger partial charge in [-0.2, -0.15) is 0 Å². The van der Waals surface area contributed by atoms with Gasteiger partial charge in [0.1, 0.15) is 0 Å². The van der Waals surface area contributed by atoms with Crippen molar-refractivity contribution in [3.63, 3.8) is 0 Å². The van der Waals surface area contributed by atoms with E-state index in [-0.39, 0.29) is 12.1 Å². The van der Waals surface area contributed by atoms with E-state index in [1.807, 2.05) is 11.8 Å². The van der Waals surface area contributed by atoms with Crippen molar-refractivity contribution in [1.82, 2.24) is 10.2 Å². The van der Waals surface area contributed by atoms with E-state index in [0.717, 1.165) is 23.7 Å². The molecule has 1 spiro atoms. The number of hydrogen-bond donors (Lipinski definition) is 1. The Kier molecular flexibility index (Phi) is 4.89. The molecule has 2 saturated heterocycles. The molecule has 5 rings (SSSR count). The van der Waals surface area contributed by atoms with Crippen LogP contribution in [-0.2, 0) is 16.0 Å². The third-order valence-electron chi connectivity index (χ3n) is 6.96. The van der Waals surface area contributed by atoms with Gasteiger partial charge in [-0.1, -0.05) is 25.1 Å². The van der Waals surface area contributed by atoms with Crippen molar-refractivity contribution in [2.75, 3.05) is 36.0 Å². The normalized spacial score (nSPS) is 25.0. The first-order valence-corrected chi connectivity index (χ1v) is 10.9. The third kappa shape index (κ3) is 3.09. The Bertz CT molecular complexity index is 1170. The average molecular weight is 449 g/mol. The van der Waals surface area contributed by atoms with Gasteiger partial charge in [0, 0.05) is 43.9 Å². The van der Waals surface area contributed by atoms with Crippen LogP contribution in [0.25, 0.3) is 0 Å². The van der Waals surface area contributed by atoms with E-state index in [0.29, 0.717) is 24.3 Å². The molecule has 2 aromatic carbocycles. The molecule has 2 unspecified atom stereocenters. The van der Waals surface area contributed by atoms with Crippen LogP contribution in [0.4, 0.5) is 21.9 Å². The molecule has 170 valence electrons. The number of hydrogen-bond acceptors (Lipinski definition) is 7. The number of benzene rings is 2. The second-order valence-corrected chi connectivity index (χ2v) is 8.56. The first-order valence-electron chi connectivity index (χ1n) is 10.9. The van der Waals surface area contributed by atoms with Crippen molar-refractivity contribution >= 4 is 34.9 Å². The molecule has 2 atom stereocenters. The number of nitro groups is 1. The Morgan fingerprint density at radius 2 is 1.88 bits per heavy atom. The van der Waals surface area contributed by atoms with Crippen LogP contribution in [0, 0.1) is 15.5 Å². The summed E-state index contributed by atoms with van der Waals surface area (Å²) in [4.78, 5) is 56.4. The lowest BCUT2D eigenvalue weighted by atomic mass is 9.67. The molecule has 1 N–H and O–H groups in total. The smallest absolute Gasteiger partial charge is 0.335 e. The van der Waals surface area contributed by atoms with E-state index in [2.05, 4.69) is 10.2 Å². The highest BCUT2D eigenvalue weighted by atomic mass is 16.6. The van der Waals surface area contributed by atoms with E-state index < -0.39 is 34.2 Å². The van der Waals surface area contributed by atoms with Gasteiger partial charge in [0.25, 0.3) is 11.6 Å². The predicted molar refractivity (Wildman–Crippen MR) is 120 cm³/mol. The summed E-state index contributed by atoms with van der Waals surface area (Å²) in [5.41, 5.74) is 0.00687. The highest BCUT2D eigenvalue weighted by Gasteiger charge is 2.63. The fraction of sp³-hybridized carbons (Fsp3) is 0.348. The van der Waals surface area contributed by atoms with Gasteiger partial charge in [-0.3, -0.25) is 29.9 Å². The zero-order chi connectivity index (χ0) is 23.3. The Balaban J connectivity index is 1.68. The van der Waals surface area contributed by atoms with Crippen LogP contribution in [0.1, 0.15) is 12.5 Å². The fourth-order valence-corrected chi connectivity index (χ4v) is 5.28. The monoisotopic (exact) mass is 449 g/mol. The van der Waals surface area contributed by atoms with Gasteiger partial charge in [0.15, 0.2) is 5.41 Å². The quantitative estimate of drug-likeness (QED) is 0.432. The van der Waals surface area contributed by atoms with Crippen LogP contribution in [-0.4, -0.2) is 59.9 Å². The number of urea groups is 1. The first kappa shape index (κ1) is 21.1. The highest BCUT2D eigenvalue weighted by molar-refractivity contribution is 6.30. The number of fused-ring (bicyclic) bond motifs is 4. The lowest BCUT2D eigenvalue weighted by Crippen LogP contribution is -2.75. The van der Waals surface area contributed by atoms with Gasteiger partial charge in [-0.05, 0) is 30.3 Å². The number of barbiturate groups is 1. The molecule has 0 aromatic heterocycles. The summed E-state index contributed by atoms with van der Waals surface area (Å²) < 4.78 is 0. The second kappa shape index (κ2) is 7.66. The summed E-state index contributed by atoms with van der Waals surface area (Å²) in [6.07, 6.45) is -0.0238. The fourth-order valence-electron chi connectivity index (χ4n) is 5.28. The zero-order valence-corrected chi connectivity index (χ0v) is 18.1. The van der Waals surface area contributed by atoms with E-state index >= 15 is 0 Å². The van der Waals surface area contributed by atoms with Crippen molar-refractivity contribution in [1.29, 1.82) is 0 Å². The van der Waals surface area contributed by atoms with Gasteiger partial charge < -0.3 is 4.90 Å². The molecule has 33 heavy (non-hydrogen) atoms. The minimum absolute atomic E-state index is 0.0238. The van der Waals surface area contributed by atoms with Crippen molar-refractivity contribution in [3.8, 4) is 0 Å². The number of anilines is 2. The van der Waals surface area contributed by atoms with Crippen LogP contribution >= 0.6 is 0 Å². The Labute approximate surface area is 189 Å². The van der Waals surface area contributed by atoms with E-state index in [9.17, 15) is 24.5 Å². The number of rotatable bonds is 3. The largest absolute Gasteiger partial charge is 0.364 e. The minimum Gasteiger partial charge on any atom is -0.364 e. The maximum absolute atomic E-state index is 14.1. The second-order valence-electron chi connectivity index (χ2n) is 8.56. The number of imide groups is 2. The van der Waals surface area contributed by atoms with Crippen molar-refractivity contribution in [2.45, 2.75) is 19.4 Å². The summed E-state index contributed by atoms with van der Waals surface area (Å²) in [5, 5.41) is 13.8. The molecule has 3 aliphatic heterocycles. The van der Waals surface area contributed by atoms with Crippen molar-refractivity contribution in [2.24, 2.45) is 5.41 Å². The number of carbonyl (C=O) groups excluding carboxylic acids is 3. The summed E-state index contributed by atoms with van der Waals surface area (Å²) in [6, 6.07) is 11.7. The number of para-hydroxylation sites is 1. The number of non-ortho nitro benzene ring substituents is 1. The molecule has 0 aliphatic carbocycles. The Hall–Kier alpha value is -3.79. The number of carbonyl (C=O) groups is 3. The van der Waals surface area contributed by atoms with Crippen LogP contribution in [0.3, 0.4) is 0 Å². The van der Waals surface area contributed by atoms with Crippen LogP contribution < -0.4 is 15.1 Å². The summed E-state index contributed by atoms with van der Waals surface area (Å²) in [5.74, 6) is -1.26. The molecule has 10 nitrogen and oxygen atoms in total. The van der Waals surface area contributed by atoms with Gasteiger partial charge in [0.05, 0.1) is 16.7 Å². The van der Waals surface area contributed by atoms with E-state index in [1.54, 1.807) is 36.4 Å². The average Bonchev–Trinajstić information content (AvgIpc) is 2.82. The Morgan fingerprint density at radius 3 is 2.58 bits per heavy atom. The summed E-state index contributed by atoms with van der Waals surface area (Å²) in [6.45, 7) is 4.53. The molecule has 10 heteroatoms. The first-order chi connectivity index (χ1) is 15.9. The van der Waals surface area contributed by atoms with Crippen LogP contribution in [0.5, 0.6) is 0 Å². The number of nitrogens with zero attached hydrogens (tertiary/aromatic N) is 4. The molecule has 0 saturated carbocycles. The number of piperazine rings is 1. The van der Waals surface area contributed by atoms with Gasteiger partial charge in [-0.15, -0.1) is 0 Å². The molecule has 0 radical (unpaired) electrons. The molecular weight excluding hydrogens is 426 g/mol. The third-order valence-corrected chi connectivity index (χ3v) is 6.96. The van der Waals surface area contributed by atoms with Crippen molar-refractivity contribution < 1.29 is 19.3 Å². The minimum atomic E-state index is -1.60. The lowest BCUT2D eigenvalue weighted by Gasteiger charge is -2.55. The molecule has 4 amide bonds. The number of nitrogens with one attached hydrogen (secondary N) is 1. The summed E-state index contributed by atoms with van der Waals surface area (Å²) >= 11 is 0. The van der Waals surface area contributed by atoms with E-state index in [1.165, 1.54) is 12.1 Å². The Morgan fingerprint density at radius 1 is 1.12 bits per heavy atom. The van der Waals surface area contributed by atoms with E-state index in [4.69, 9.17) is 0 Å². The topological polar surface area (TPSA) is 116 Å². The van der Waals surface area contributed by atoms with Crippen LogP contribution in [0.2, 0.25) is 0 Å². The molecule has 2 fully saturated rings. The lowest BCUT2D eigenvalue weighted by molar-refractivity contribution is -0.384. The maximum Gasteiger partial charge on any atom is 0.335 e. The highest BCUT2D eigenvalue weighted by Crippen LogP contribution is 2.47. The van der Waals surface area contributed by atoms with Crippen molar-refractivity contribution in [3.05, 3.63) is 64.2 Å². The van der Waals surface area contributed by atoms with Gasteiger partial charge >= 0.3 is 6.03 Å². The standard InChI is InChI=1S/C23H23N5O5/c1-2-25-10-11-26-18-9-8-17(28(32)33)12-15(18)13-23(19(26)14-25)20(29)24-22(31)27(21(23)30)16-6-4-3-5-7-16/h3-9,12,19H,2,10-11,13-14H2,1H3,(H,24,29,31). The molecule has 2 aromatic rings. The summed E-state index contributed by atoms with van der Waals surface area (Å²) in [7, 11) is 0. The SMILES string of the molecule is CCN1CCN2c3ccc([N+](=O)[O-])cc3CC3(C(=O)NC(=O)N(c4ccccc4)C3=O)C2C1. The van der Waals surface area contributed by atoms with Gasteiger partial charge in [0.2, 0.25) is 5.91 Å². The molecule has 3 aliphatic rings. The zero-order valence-electron chi connectivity index (χ0n) is 18.1. The maximum atomic E-state index is 14.1. The predicted octanol–water partition coefficient (Wildman–Crippen LogP) is 1.93. The number of likely N-dealkylation sites (N-methyl/N-ethyl adjacent to an activating group) is 1. The number of nitro benzene ring substituents is 1. The number of amides is 4.